The Morgan fingerprint density at radius 3 is 2.35 bits per heavy atom. The molecule has 23 heavy (non-hydrogen) atoms. The zero-order valence-corrected chi connectivity index (χ0v) is 14.5. The van der Waals surface area contributed by atoms with Crippen LogP contribution in [0.25, 0.3) is 0 Å². The maximum atomic E-state index is 12.1. The molecular weight excluding hydrogens is 335 g/mol. The van der Waals surface area contributed by atoms with E-state index < -0.39 is 39.9 Å². The molecule has 0 aromatic rings. The van der Waals surface area contributed by atoms with Gasteiger partial charge in [0.2, 0.25) is 0 Å². The molecule has 0 saturated carbocycles. The minimum atomic E-state index is -4.48. The first kappa shape index (κ1) is 20.1. The van der Waals surface area contributed by atoms with Crippen LogP contribution >= 0.6 is 0 Å². The molecule has 1 unspecified atom stereocenters. The molecular formula is C14H24F3NO4S. The quantitative estimate of drug-likeness (QED) is 0.756. The van der Waals surface area contributed by atoms with Crippen molar-refractivity contribution in [3.63, 3.8) is 0 Å². The smallest absolute Gasteiger partial charge is 0.410 e. The molecule has 136 valence electrons. The van der Waals surface area contributed by atoms with Gasteiger partial charge in [-0.2, -0.15) is 13.2 Å². The second kappa shape index (κ2) is 7.27. The fourth-order valence-corrected chi connectivity index (χ4v) is 3.76. The van der Waals surface area contributed by atoms with Gasteiger partial charge in [-0.15, -0.1) is 0 Å². The fourth-order valence-electron chi connectivity index (χ4n) is 2.39. The lowest BCUT2D eigenvalue weighted by Gasteiger charge is -2.28. The number of halogens is 3. The van der Waals surface area contributed by atoms with Crippen LogP contribution in [0.3, 0.4) is 0 Å². The van der Waals surface area contributed by atoms with E-state index in [2.05, 4.69) is 0 Å². The van der Waals surface area contributed by atoms with Gasteiger partial charge >= 0.3 is 12.3 Å². The first-order valence-electron chi connectivity index (χ1n) is 7.56. The van der Waals surface area contributed by atoms with Crippen LogP contribution in [0, 0.1) is 0 Å². The Labute approximate surface area is 135 Å². The van der Waals surface area contributed by atoms with Crippen LogP contribution in [0.2, 0.25) is 0 Å². The third-order valence-corrected chi connectivity index (χ3v) is 5.15. The highest BCUT2D eigenvalue weighted by Crippen LogP contribution is 2.25. The van der Waals surface area contributed by atoms with Gasteiger partial charge in [0.1, 0.15) is 5.60 Å². The molecule has 9 heteroatoms. The molecule has 0 aromatic carbocycles. The standard InChI is InChI=1S/C14H24F3NO4S/c1-13(2,3)22-12(19)18-8-4-5-11(18)6-9-23(20,21)10-7-14(15,16)17/h11H,4-10H2,1-3H3. The van der Waals surface area contributed by atoms with Crippen LogP contribution in [0.4, 0.5) is 18.0 Å². The Morgan fingerprint density at radius 1 is 1.22 bits per heavy atom. The summed E-state index contributed by atoms with van der Waals surface area (Å²) in [5.41, 5.74) is -0.650. The molecule has 1 atom stereocenters. The summed E-state index contributed by atoms with van der Waals surface area (Å²) in [7, 11) is -3.79. The molecule has 0 radical (unpaired) electrons. The summed E-state index contributed by atoms with van der Waals surface area (Å²) in [5, 5.41) is 0. The normalized spacial score (nSPS) is 19.9. The van der Waals surface area contributed by atoms with E-state index in [1.54, 1.807) is 20.8 Å². The molecule has 1 aliphatic rings. The van der Waals surface area contributed by atoms with Gasteiger partial charge in [-0.1, -0.05) is 0 Å². The van der Waals surface area contributed by atoms with Crippen LogP contribution in [-0.4, -0.2) is 55.3 Å². The molecule has 1 heterocycles. The summed E-state index contributed by atoms with van der Waals surface area (Å²) in [6.07, 6.45) is -4.83. The lowest BCUT2D eigenvalue weighted by atomic mass is 10.2. The van der Waals surface area contributed by atoms with Crippen LogP contribution in [0.5, 0.6) is 0 Å². The molecule has 0 spiro atoms. The van der Waals surface area contributed by atoms with Crippen LogP contribution < -0.4 is 0 Å². The number of hydrogen-bond donors (Lipinski definition) is 0. The first-order valence-corrected chi connectivity index (χ1v) is 9.38. The second-order valence-electron chi connectivity index (χ2n) is 6.78. The van der Waals surface area contributed by atoms with Gasteiger partial charge in [-0.25, -0.2) is 13.2 Å². The summed E-state index contributed by atoms with van der Waals surface area (Å²) in [6, 6.07) is -0.300. The molecule has 0 bridgehead atoms. The van der Waals surface area contributed by atoms with Crippen LogP contribution in [0.15, 0.2) is 0 Å². The van der Waals surface area contributed by atoms with Crippen LogP contribution in [0.1, 0.15) is 46.5 Å². The lowest BCUT2D eigenvalue weighted by Crippen LogP contribution is -2.40. The van der Waals surface area contributed by atoms with E-state index >= 15 is 0 Å². The Kier molecular flexibility index (Phi) is 6.34. The van der Waals surface area contributed by atoms with Gasteiger partial charge in [-0.3, -0.25) is 0 Å². The van der Waals surface area contributed by atoms with E-state index in [9.17, 15) is 26.4 Å². The second-order valence-corrected chi connectivity index (χ2v) is 9.08. The number of ether oxygens (including phenoxy) is 1. The van der Waals surface area contributed by atoms with Crippen molar-refractivity contribution in [2.75, 3.05) is 18.1 Å². The van der Waals surface area contributed by atoms with Crippen molar-refractivity contribution in [3.8, 4) is 0 Å². The minimum Gasteiger partial charge on any atom is -0.444 e. The van der Waals surface area contributed by atoms with E-state index in [1.807, 2.05) is 0 Å². The Morgan fingerprint density at radius 2 is 1.83 bits per heavy atom. The van der Waals surface area contributed by atoms with E-state index in [0.717, 1.165) is 6.42 Å². The molecule has 1 saturated heterocycles. The average Bonchev–Trinajstić information content (AvgIpc) is 2.80. The topological polar surface area (TPSA) is 63.7 Å². The number of nitrogens with zero attached hydrogens (tertiary/aromatic N) is 1. The van der Waals surface area contributed by atoms with Crippen molar-refractivity contribution in [2.45, 2.75) is 64.3 Å². The molecule has 0 aliphatic carbocycles. The van der Waals surface area contributed by atoms with Gasteiger partial charge in [0.25, 0.3) is 0 Å². The predicted octanol–water partition coefficient (Wildman–Crippen LogP) is 3.14. The summed E-state index contributed by atoms with van der Waals surface area (Å²) in [4.78, 5) is 13.5. The molecule has 1 fully saturated rings. The number of carbonyl (C=O) groups excluding carboxylic acids is 1. The fraction of sp³-hybridized carbons (Fsp3) is 0.929. The maximum absolute atomic E-state index is 12.1. The summed E-state index contributed by atoms with van der Waals surface area (Å²) in [5.74, 6) is -1.26. The zero-order chi connectivity index (χ0) is 17.9. The van der Waals surface area contributed by atoms with Crippen molar-refractivity contribution in [3.05, 3.63) is 0 Å². The summed E-state index contributed by atoms with van der Waals surface area (Å²) < 4.78 is 65.0. The Hall–Kier alpha value is -0.990. The Bertz CT molecular complexity index is 511. The van der Waals surface area contributed by atoms with E-state index in [1.165, 1.54) is 4.90 Å². The number of amides is 1. The van der Waals surface area contributed by atoms with Gasteiger partial charge in [0.15, 0.2) is 9.84 Å². The SMILES string of the molecule is CC(C)(C)OC(=O)N1CCCC1CCS(=O)(=O)CCC(F)(F)F. The minimum absolute atomic E-state index is 0.138. The third kappa shape index (κ3) is 7.90. The molecule has 1 aliphatic heterocycles. The van der Waals surface area contributed by atoms with Gasteiger partial charge in [0, 0.05) is 12.6 Å². The van der Waals surface area contributed by atoms with Crippen LogP contribution in [-0.2, 0) is 14.6 Å². The van der Waals surface area contributed by atoms with Gasteiger partial charge < -0.3 is 9.64 Å². The predicted molar refractivity (Wildman–Crippen MR) is 79.9 cm³/mol. The number of carbonyl (C=O) groups is 1. The average molecular weight is 359 g/mol. The molecule has 5 nitrogen and oxygen atoms in total. The number of hydrogen-bond acceptors (Lipinski definition) is 4. The molecule has 1 amide bonds. The van der Waals surface area contributed by atoms with Gasteiger partial charge in [-0.05, 0) is 40.0 Å². The highest BCUT2D eigenvalue weighted by Gasteiger charge is 2.34. The first-order chi connectivity index (χ1) is 10.3. The van der Waals surface area contributed by atoms with Gasteiger partial charge in [0.05, 0.1) is 17.9 Å². The summed E-state index contributed by atoms with van der Waals surface area (Å²) >= 11 is 0. The highest BCUT2D eigenvalue weighted by atomic mass is 32.2. The highest BCUT2D eigenvalue weighted by molar-refractivity contribution is 7.91. The van der Waals surface area contributed by atoms with E-state index in [0.29, 0.717) is 13.0 Å². The van der Waals surface area contributed by atoms with Crippen molar-refractivity contribution < 1.29 is 31.1 Å². The largest absolute Gasteiger partial charge is 0.444 e. The van der Waals surface area contributed by atoms with Crippen molar-refractivity contribution in [1.29, 1.82) is 0 Å². The van der Waals surface area contributed by atoms with Crippen molar-refractivity contribution in [1.82, 2.24) is 4.90 Å². The molecule has 0 N–H and O–H groups in total. The number of likely N-dealkylation sites (tertiary alicyclic amines) is 1. The lowest BCUT2D eigenvalue weighted by molar-refractivity contribution is -0.129. The van der Waals surface area contributed by atoms with E-state index in [4.69, 9.17) is 4.74 Å². The monoisotopic (exact) mass is 359 g/mol. The Balaban J connectivity index is 2.54. The number of sulfone groups is 1. The molecule has 1 rings (SSSR count). The number of alkyl halides is 3. The van der Waals surface area contributed by atoms with E-state index in [-0.39, 0.29) is 18.2 Å². The zero-order valence-electron chi connectivity index (χ0n) is 13.6. The maximum Gasteiger partial charge on any atom is 0.410 e. The summed E-state index contributed by atoms with van der Waals surface area (Å²) in [6.45, 7) is 5.68. The number of rotatable bonds is 5. The molecule has 0 aromatic heterocycles. The third-order valence-electron chi connectivity index (χ3n) is 3.46. The van der Waals surface area contributed by atoms with Crippen molar-refractivity contribution in [2.24, 2.45) is 0 Å². The van der Waals surface area contributed by atoms with Crippen molar-refractivity contribution >= 4 is 15.9 Å².